The Bertz CT molecular complexity index is 614. The summed E-state index contributed by atoms with van der Waals surface area (Å²) in [6.07, 6.45) is -0.0819. The van der Waals surface area contributed by atoms with Crippen LogP contribution in [-0.2, 0) is 9.53 Å². The van der Waals surface area contributed by atoms with Gasteiger partial charge in [0, 0.05) is 29.6 Å². The highest BCUT2D eigenvalue weighted by Gasteiger charge is 2.14. The van der Waals surface area contributed by atoms with Gasteiger partial charge in [-0.2, -0.15) is 0 Å². The predicted octanol–water partition coefficient (Wildman–Crippen LogP) is 2.77. The van der Waals surface area contributed by atoms with Crippen molar-refractivity contribution in [1.29, 1.82) is 0 Å². The van der Waals surface area contributed by atoms with Crippen LogP contribution >= 0.6 is 22.9 Å². The molecule has 1 amide bonds. The van der Waals surface area contributed by atoms with Gasteiger partial charge in [-0.1, -0.05) is 29.8 Å². The number of carbonyl (C=O) groups is 1. The maximum atomic E-state index is 11.8. The fourth-order valence-electron chi connectivity index (χ4n) is 1.76. The van der Waals surface area contributed by atoms with Gasteiger partial charge in [0.2, 0.25) is 5.91 Å². The SMILES string of the molecule is COC(CN)CC(=O)Nc1nc(-c2ccccc2Cl)cs1. The molecule has 21 heavy (non-hydrogen) atoms. The van der Waals surface area contributed by atoms with Crippen LogP contribution < -0.4 is 11.1 Å². The molecule has 1 aromatic carbocycles. The number of methoxy groups -OCH3 is 1. The summed E-state index contributed by atoms with van der Waals surface area (Å²) in [6.45, 7) is 0.298. The van der Waals surface area contributed by atoms with Crippen molar-refractivity contribution in [3.05, 3.63) is 34.7 Å². The lowest BCUT2D eigenvalue weighted by Crippen LogP contribution is -2.28. The third kappa shape index (κ3) is 4.25. The molecule has 3 N–H and O–H groups in total. The molecule has 1 heterocycles. The number of thiazole rings is 1. The minimum absolute atomic E-state index is 0.174. The number of hydrogen-bond donors (Lipinski definition) is 2. The number of carbonyl (C=O) groups excluding carboxylic acids is 1. The van der Waals surface area contributed by atoms with Crippen LogP contribution in [0.3, 0.4) is 0 Å². The molecular weight excluding hydrogens is 310 g/mol. The molecule has 0 aliphatic rings. The van der Waals surface area contributed by atoms with E-state index >= 15 is 0 Å². The molecule has 7 heteroatoms. The zero-order chi connectivity index (χ0) is 15.2. The number of hydrogen-bond acceptors (Lipinski definition) is 5. The first kappa shape index (κ1) is 15.9. The second-order valence-electron chi connectivity index (χ2n) is 4.36. The molecule has 112 valence electrons. The Kier molecular flexibility index (Phi) is 5.69. The van der Waals surface area contributed by atoms with E-state index in [1.54, 1.807) is 6.07 Å². The number of nitrogens with two attached hydrogens (primary N) is 1. The Morgan fingerprint density at radius 1 is 1.52 bits per heavy atom. The number of halogens is 1. The van der Waals surface area contributed by atoms with Gasteiger partial charge < -0.3 is 15.8 Å². The van der Waals surface area contributed by atoms with Gasteiger partial charge in [-0.25, -0.2) is 4.98 Å². The van der Waals surface area contributed by atoms with Gasteiger partial charge in [0.25, 0.3) is 0 Å². The normalized spacial score (nSPS) is 12.1. The van der Waals surface area contributed by atoms with Crippen LogP contribution in [0.25, 0.3) is 11.3 Å². The highest BCUT2D eigenvalue weighted by atomic mass is 35.5. The molecule has 1 aromatic heterocycles. The standard InChI is InChI=1S/C14H16ClN3O2S/c1-20-9(7-16)6-13(19)18-14-17-12(8-21-14)10-4-2-3-5-11(10)15/h2-5,8-9H,6-7,16H2,1H3,(H,17,18,19). The maximum absolute atomic E-state index is 11.8. The number of nitrogens with one attached hydrogen (secondary N) is 1. The van der Waals surface area contributed by atoms with Crippen LogP contribution in [-0.4, -0.2) is 30.6 Å². The van der Waals surface area contributed by atoms with Crippen molar-refractivity contribution in [2.45, 2.75) is 12.5 Å². The number of ether oxygens (including phenoxy) is 1. The van der Waals surface area contributed by atoms with Crippen LogP contribution in [0.15, 0.2) is 29.6 Å². The topological polar surface area (TPSA) is 77.2 Å². The lowest BCUT2D eigenvalue weighted by Gasteiger charge is -2.11. The van der Waals surface area contributed by atoms with E-state index in [0.29, 0.717) is 16.7 Å². The lowest BCUT2D eigenvalue weighted by atomic mass is 10.2. The molecule has 0 bridgehead atoms. The monoisotopic (exact) mass is 325 g/mol. The van der Waals surface area contributed by atoms with E-state index < -0.39 is 0 Å². The number of benzene rings is 1. The zero-order valence-electron chi connectivity index (χ0n) is 11.5. The highest BCUT2D eigenvalue weighted by Crippen LogP contribution is 2.30. The summed E-state index contributed by atoms with van der Waals surface area (Å²) < 4.78 is 5.08. The summed E-state index contributed by atoms with van der Waals surface area (Å²) in [5.41, 5.74) is 7.07. The first-order valence-corrected chi connectivity index (χ1v) is 7.63. The Hall–Kier alpha value is -1.47. The van der Waals surface area contributed by atoms with Gasteiger partial charge in [0.15, 0.2) is 5.13 Å². The fourth-order valence-corrected chi connectivity index (χ4v) is 2.72. The van der Waals surface area contributed by atoms with E-state index in [4.69, 9.17) is 22.1 Å². The molecule has 0 saturated carbocycles. The molecule has 0 fully saturated rings. The molecule has 5 nitrogen and oxygen atoms in total. The average Bonchev–Trinajstić information content (AvgIpc) is 2.93. The zero-order valence-corrected chi connectivity index (χ0v) is 13.1. The molecule has 0 radical (unpaired) electrons. The summed E-state index contributed by atoms with van der Waals surface area (Å²) in [6, 6.07) is 7.44. The van der Waals surface area contributed by atoms with Crippen molar-refractivity contribution in [3.63, 3.8) is 0 Å². The first-order valence-electron chi connectivity index (χ1n) is 6.37. The lowest BCUT2D eigenvalue weighted by molar-refractivity contribution is -0.118. The number of amides is 1. The van der Waals surface area contributed by atoms with E-state index in [0.717, 1.165) is 11.3 Å². The Morgan fingerprint density at radius 3 is 2.95 bits per heavy atom. The van der Waals surface area contributed by atoms with Gasteiger partial charge in [-0.05, 0) is 6.07 Å². The Morgan fingerprint density at radius 2 is 2.29 bits per heavy atom. The van der Waals surface area contributed by atoms with Gasteiger partial charge in [-0.3, -0.25) is 4.79 Å². The molecular formula is C14H16ClN3O2S. The summed E-state index contributed by atoms with van der Waals surface area (Å²) in [5.74, 6) is -0.174. The van der Waals surface area contributed by atoms with Crippen molar-refractivity contribution >= 4 is 34.0 Å². The summed E-state index contributed by atoms with van der Waals surface area (Å²) in [5, 5.41) is 5.75. The molecule has 2 rings (SSSR count). The molecule has 2 aromatic rings. The van der Waals surface area contributed by atoms with E-state index in [9.17, 15) is 4.79 Å². The van der Waals surface area contributed by atoms with Gasteiger partial charge in [0.05, 0.1) is 18.2 Å². The van der Waals surface area contributed by atoms with Gasteiger partial charge in [-0.15, -0.1) is 11.3 Å². The summed E-state index contributed by atoms with van der Waals surface area (Å²) >= 11 is 7.48. The van der Waals surface area contributed by atoms with Crippen LogP contribution in [0.5, 0.6) is 0 Å². The maximum Gasteiger partial charge on any atom is 0.228 e. The molecule has 0 aliphatic carbocycles. The van der Waals surface area contributed by atoms with E-state index in [-0.39, 0.29) is 18.4 Å². The van der Waals surface area contributed by atoms with Crippen molar-refractivity contribution in [3.8, 4) is 11.3 Å². The van der Waals surface area contributed by atoms with Crippen molar-refractivity contribution < 1.29 is 9.53 Å². The number of aromatic nitrogens is 1. The molecule has 0 aliphatic heterocycles. The Balaban J connectivity index is 2.04. The first-order chi connectivity index (χ1) is 10.1. The number of nitrogens with zero attached hydrogens (tertiary/aromatic N) is 1. The second-order valence-corrected chi connectivity index (χ2v) is 5.63. The van der Waals surface area contributed by atoms with E-state index in [2.05, 4.69) is 10.3 Å². The van der Waals surface area contributed by atoms with Crippen LogP contribution in [0, 0.1) is 0 Å². The third-order valence-electron chi connectivity index (χ3n) is 2.91. The minimum atomic E-state index is -0.284. The average molecular weight is 326 g/mol. The minimum Gasteiger partial charge on any atom is -0.380 e. The van der Waals surface area contributed by atoms with Crippen molar-refractivity contribution in [2.24, 2.45) is 5.73 Å². The smallest absolute Gasteiger partial charge is 0.228 e. The Labute approximate surface area is 132 Å². The summed E-state index contributed by atoms with van der Waals surface area (Å²) in [7, 11) is 1.53. The van der Waals surface area contributed by atoms with Crippen LogP contribution in [0.4, 0.5) is 5.13 Å². The molecule has 1 unspecified atom stereocenters. The fraction of sp³-hybridized carbons (Fsp3) is 0.286. The number of rotatable bonds is 6. The van der Waals surface area contributed by atoms with Crippen LogP contribution in [0.1, 0.15) is 6.42 Å². The van der Waals surface area contributed by atoms with Gasteiger partial charge in [0.1, 0.15) is 0 Å². The molecule has 1 atom stereocenters. The molecule has 0 spiro atoms. The third-order valence-corrected chi connectivity index (χ3v) is 4.00. The highest BCUT2D eigenvalue weighted by molar-refractivity contribution is 7.14. The quantitative estimate of drug-likeness (QED) is 0.856. The van der Waals surface area contributed by atoms with E-state index in [1.165, 1.54) is 18.4 Å². The molecule has 0 saturated heterocycles. The van der Waals surface area contributed by atoms with E-state index in [1.807, 2.05) is 23.6 Å². The van der Waals surface area contributed by atoms with Gasteiger partial charge >= 0.3 is 0 Å². The summed E-state index contributed by atoms with van der Waals surface area (Å²) in [4.78, 5) is 16.2. The second kappa shape index (κ2) is 7.51. The van der Waals surface area contributed by atoms with Crippen molar-refractivity contribution in [1.82, 2.24) is 4.98 Å². The van der Waals surface area contributed by atoms with Crippen LogP contribution in [0.2, 0.25) is 5.02 Å². The largest absolute Gasteiger partial charge is 0.380 e. The van der Waals surface area contributed by atoms with Crippen molar-refractivity contribution in [2.75, 3.05) is 19.0 Å². The predicted molar refractivity (Wildman–Crippen MR) is 85.7 cm³/mol. The number of anilines is 1.